The Hall–Kier alpha value is -2.01. The standard InChI is InChI=1S/C17H20N2O3/c20-17(15-11-14(15)16-4-2-10-22-16)19-7-5-18(6-8-19)12-13-3-1-9-21-13/h1-4,9-10,14-15H,5-8,11-12H2/t14-,15-/m0/s1. The fourth-order valence-corrected chi connectivity index (χ4v) is 3.27. The minimum atomic E-state index is 0.128. The van der Waals surface area contributed by atoms with Crippen molar-refractivity contribution < 1.29 is 13.6 Å². The highest BCUT2D eigenvalue weighted by Gasteiger charge is 2.47. The molecule has 1 aliphatic carbocycles. The van der Waals surface area contributed by atoms with Crippen molar-refractivity contribution in [2.45, 2.75) is 18.9 Å². The number of rotatable bonds is 4. The Morgan fingerprint density at radius 2 is 1.86 bits per heavy atom. The van der Waals surface area contributed by atoms with E-state index in [2.05, 4.69) is 4.90 Å². The molecule has 0 aromatic carbocycles. The second-order valence-corrected chi connectivity index (χ2v) is 6.14. The van der Waals surface area contributed by atoms with Gasteiger partial charge in [0.2, 0.25) is 5.91 Å². The van der Waals surface area contributed by atoms with Crippen molar-refractivity contribution in [1.29, 1.82) is 0 Å². The van der Waals surface area contributed by atoms with E-state index < -0.39 is 0 Å². The molecule has 2 aromatic heterocycles. The van der Waals surface area contributed by atoms with Gasteiger partial charge in [-0.05, 0) is 30.7 Å². The smallest absolute Gasteiger partial charge is 0.226 e. The number of hydrogen-bond acceptors (Lipinski definition) is 4. The number of amides is 1. The van der Waals surface area contributed by atoms with Gasteiger partial charge in [0.1, 0.15) is 11.5 Å². The van der Waals surface area contributed by atoms with Crippen LogP contribution in [-0.4, -0.2) is 41.9 Å². The lowest BCUT2D eigenvalue weighted by Crippen LogP contribution is -2.48. The zero-order valence-corrected chi connectivity index (χ0v) is 12.5. The summed E-state index contributed by atoms with van der Waals surface area (Å²) in [5.74, 6) is 2.65. The fourth-order valence-electron chi connectivity index (χ4n) is 3.27. The average molecular weight is 300 g/mol. The molecular weight excluding hydrogens is 280 g/mol. The molecule has 0 N–H and O–H groups in total. The van der Waals surface area contributed by atoms with E-state index in [-0.39, 0.29) is 5.92 Å². The number of carbonyl (C=O) groups is 1. The van der Waals surface area contributed by atoms with Gasteiger partial charge in [-0.1, -0.05) is 0 Å². The van der Waals surface area contributed by atoms with Crippen LogP contribution in [0.25, 0.3) is 0 Å². The number of nitrogens with zero attached hydrogens (tertiary/aromatic N) is 2. The molecular formula is C17H20N2O3. The molecule has 22 heavy (non-hydrogen) atoms. The molecule has 0 spiro atoms. The molecule has 1 saturated heterocycles. The van der Waals surface area contributed by atoms with Gasteiger partial charge < -0.3 is 13.7 Å². The van der Waals surface area contributed by atoms with Gasteiger partial charge in [-0.3, -0.25) is 9.69 Å². The summed E-state index contributed by atoms with van der Waals surface area (Å²) in [6.07, 6.45) is 4.32. The first kappa shape index (κ1) is 13.6. The van der Waals surface area contributed by atoms with Crippen molar-refractivity contribution in [2.75, 3.05) is 26.2 Å². The lowest BCUT2D eigenvalue weighted by atomic mass is 10.2. The zero-order chi connectivity index (χ0) is 14.9. The van der Waals surface area contributed by atoms with Crippen LogP contribution >= 0.6 is 0 Å². The van der Waals surface area contributed by atoms with E-state index in [9.17, 15) is 4.79 Å². The van der Waals surface area contributed by atoms with Crippen molar-refractivity contribution in [3.8, 4) is 0 Å². The summed E-state index contributed by atoms with van der Waals surface area (Å²) in [6, 6.07) is 7.77. The molecule has 2 aliphatic rings. The van der Waals surface area contributed by atoms with E-state index in [0.717, 1.165) is 50.7 Å². The lowest BCUT2D eigenvalue weighted by Gasteiger charge is -2.34. The highest BCUT2D eigenvalue weighted by atomic mass is 16.3. The van der Waals surface area contributed by atoms with Crippen molar-refractivity contribution in [3.05, 3.63) is 48.3 Å². The van der Waals surface area contributed by atoms with Crippen LogP contribution in [0.4, 0.5) is 0 Å². The first-order valence-corrected chi connectivity index (χ1v) is 7.88. The molecule has 1 saturated carbocycles. The van der Waals surface area contributed by atoms with E-state index >= 15 is 0 Å². The molecule has 1 amide bonds. The molecule has 2 fully saturated rings. The maximum atomic E-state index is 12.5. The van der Waals surface area contributed by atoms with E-state index in [4.69, 9.17) is 8.83 Å². The van der Waals surface area contributed by atoms with Crippen molar-refractivity contribution in [3.63, 3.8) is 0 Å². The van der Waals surface area contributed by atoms with Crippen molar-refractivity contribution in [1.82, 2.24) is 9.80 Å². The Kier molecular flexibility index (Phi) is 3.50. The molecule has 2 atom stereocenters. The van der Waals surface area contributed by atoms with Gasteiger partial charge in [0.05, 0.1) is 19.1 Å². The summed E-state index contributed by atoms with van der Waals surface area (Å²) in [7, 11) is 0. The second-order valence-electron chi connectivity index (χ2n) is 6.14. The van der Waals surface area contributed by atoms with Crippen LogP contribution < -0.4 is 0 Å². The Morgan fingerprint density at radius 1 is 1.09 bits per heavy atom. The predicted octanol–water partition coefficient (Wildman–Crippen LogP) is 2.32. The predicted molar refractivity (Wildman–Crippen MR) is 80.1 cm³/mol. The zero-order valence-electron chi connectivity index (χ0n) is 12.5. The molecule has 0 bridgehead atoms. The number of carbonyl (C=O) groups excluding carboxylic acids is 1. The summed E-state index contributed by atoms with van der Waals surface area (Å²) >= 11 is 0. The lowest BCUT2D eigenvalue weighted by molar-refractivity contribution is -0.134. The largest absolute Gasteiger partial charge is 0.469 e. The molecule has 2 aromatic rings. The van der Waals surface area contributed by atoms with Crippen LogP contribution in [0, 0.1) is 5.92 Å². The van der Waals surface area contributed by atoms with Crippen LogP contribution in [0.2, 0.25) is 0 Å². The SMILES string of the molecule is O=C([C@H]1C[C@@H]1c1ccco1)N1CCN(Cc2ccco2)CC1. The Morgan fingerprint density at radius 3 is 2.55 bits per heavy atom. The van der Waals surface area contributed by atoms with Crippen LogP contribution in [0.3, 0.4) is 0 Å². The van der Waals surface area contributed by atoms with E-state index in [1.807, 2.05) is 29.2 Å². The third kappa shape index (κ3) is 2.68. The third-order valence-corrected chi connectivity index (χ3v) is 4.66. The van der Waals surface area contributed by atoms with Gasteiger partial charge in [0, 0.05) is 38.0 Å². The van der Waals surface area contributed by atoms with E-state index in [1.165, 1.54) is 0 Å². The van der Waals surface area contributed by atoms with Crippen LogP contribution in [-0.2, 0) is 11.3 Å². The van der Waals surface area contributed by atoms with E-state index in [0.29, 0.717) is 11.8 Å². The molecule has 116 valence electrons. The third-order valence-electron chi connectivity index (χ3n) is 4.66. The Balaban J connectivity index is 1.28. The first-order valence-electron chi connectivity index (χ1n) is 7.88. The molecule has 1 aliphatic heterocycles. The highest BCUT2D eigenvalue weighted by molar-refractivity contribution is 5.83. The molecule has 3 heterocycles. The summed E-state index contributed by atoms with van der Waals surface area (Å²) in [5, 5.41) is 0. The van der Waals surface area contributed by atoms with Gasteiger partial charge >= 0.3 is 0 Å². The summed E-state index contributed by atoms with van der Waals surface area (Å²) in [5.41, 5.74) is 0. The summed E-state index contributed by atoms with van der Waals surface area (Å²) in [4.78, 5) is 16.9. The summed E-state index contributed by atoms with van der Waals surface area (Å²) in [6.45, 7) is 4.25. The minimum absolute atomic E-state index is 0.128. The van der Waals surface area contributed by atoms with Crippen LogP contribution in [0.1, 0.15) is 23.9 Å². The van der Waals surface area contributed by atoms with Crippen molar-refractivity contribution in [2.24, 2.45) is 5.92 Å². The monoisotopic (exact) mass is 300 g/mol. The maximum absolute atomic E-state index is 12.5. The molecule has 4 rings (SSSR count). The van der Waals surface area contributed by atoms with Gasteiger partial charge in [0.15, 0.2) is 0 Å². The molecule has 0 unspecified atom stereocenters. The van der Waals surface area contributed by atoms with Gasteiger partial charge in [-0.15, -0.1) is 0 Å². The first-order chi connectivity index (χ1) is 10.8. The molecule has 5 heteroatoms. The highest BCUT2D eigenvalue weighted by Crippen LogP contribution is 2.48. The Bertz CT molecular complexity index is 612. The number of hydrogen-bond donors (Lipinski definition) is 0. The van der Waals surface area contributed by atoms with Gasteiger partial charge in [0.25, 0.3) is 0 Å². The fraction of sp³-hybridized carbons (Fsp3) is 0.471. The average Bonchev–Trinajstić information content (AvgIpc) is 2.94. The normalized spacial score (nSPS) is 25.4. The van der Waals surface area contributed by atoms with Gasteiger partial charge in [-0.2, -0.15) is 0 Å². The Labute approximate surface area is 129 Å². The topological polar surface area (TPSA) is 49.8 Å². The van der Waals surface area contributed by atoms with Gasteiger partial charge in [-0.25, -0.2) is 0 Å². The van der Waals surface area contributed by atoms with Crippen molar-refractivity contribution >= 4 is 5.91 Å². The second kappa shape index (κ2) is 5.65. The number of furan rings is 2. The number of piperazine rings is 1. The minimum Gasteiger partial charge on any atom is -0.469 e. The molecule has 5 nitrogen and oxygen atoms in total. The van der Waals surface area contributed by atoms with Crippen LogP contribution in [0.5, 0.6) is 0 Å². The van der Waals surface area contributed by atoms with Crippen LogP contribution in [0.15, 0.2) is 45.6 Å². The van der Waals surface area contributed by atoms with E-state index in [1.54, 1.807) is 12.5 Å². The summed E-state index contributed by atoms with van der Waals surface area (Å²) < 4.78 is 10.8. The maximum Gasteiger partial charge on any atom is 0.226 e. The molecule has 0 radical (unpaired) electrons. The quantitative estimate of drug-likeness (QED) is 0.869.